The van der Waals surface area contributed by atoms with Crippen molar-refractivity contribution < 1.29 is 62.9 Å². The number of aliphatic hydroxyl groups excluding tert-OH is 3. The average molecular weight is 593 g/mol. The molecule has 1 rings (SSSR count). The van der Waals surface area contributed by atoms with Gasteiger partial charge in [-0.25, -0.2) is 0 Å². The molecule has 13 heteroatoms. The Morgan fingerprint density at radius 2 is 1.29 bits per heavy atom. The fraction of sp³-hybridized carbons (Fsp3) is 0.857. The van der Waals surface area contributed by atoms with Crippen LogP contribution in [-0.2, 0) is 47.6 Å². The summed E-state index contributed by atoms with van der Waals surface area (Å²) in [5, 5.41) is 28.8. The summed E-state index contributed by atoms with van der Waals surface area (Å²) < 4.78 is 32.8. The minimum Gasteiger partial charge on any atom is -0.463 e. The Morgan fingerprint density at radius 1 is 0.732 bits per heavy atom. The van der Waals surface area contributed by atoms with Gasteiger partial charge in [-0.3, -0.25) is 19.2 Å². The van der Waals surface area contributed by atoms with Crippen molar-refractivity contribution in [3.05, 3.63) is 0 Å². The number of unbranched alkanes of at least 4 members (excludes halogenated alkanes) is 8. The summed E-state index contributed by atoms with van der Waals surface area (Å²) in [6.07, 6.45) is -0.439. The van der Waals surface area contributed by atoms with Gasteiger partial charge in [0.15, 0.2) is 24.6 Å². The smallest absolute Gasteiger partial charge is 0.306 e. The monoisotopic (exact) mass is 592 g/mol. The van der Waals surface area contributed by atoms with E-state index in [1.807, 2.05) is 0 Å². The van der Waals surface area contributed by atoms with Gasteiger partial charge in [-0.1, -0.05) is 58.3 Å². The second-order valence-electron chi connectivity index (χ2n) is 10.2. The Bertz CT molecular complexity index is 789. The van der Waals surface area contributed by atoms with Gasteiger partial charge in [0.2, 0.25) is 0 Å². The molecule has 0 bridgehead atoms. The molecule has 41 heavy (non-hydrogen) atoms. The van der Waals surface area contributed by atoms with Gasteiger partial charge >= 0.3 is 23.9 Å². The fourth-order valence-electron chi connectivity index (χ4n) is 4.35. The van der Waals surface area contributed by atoms with E-state index in [0.717, 1.165) is 46.5 Å². The summed E-state index contributed by atoms with van der Waals surface area (Å²) in [6.45, 7) is 3.83. The van der Waals surface area contributed by atoms with Gasteiger partial charge < -0.3 is 43.7 Å². The van der Waals surface area contributed by atoms with E-state index in [-0.39, 0.29) is 6.42 Å². The van der Waals surface area contributed by atoms with E-state index >= 15 is 0 Å². The lowest BCUT2D eigenvalue weighted by Crippen LogP contribution is -2.63. The number of hydrogen-bond donors (Lipinski definition) is 3. The molecule has 1 aliphatic rings. The van der Waals surface area contributed by atoms with Crippen LogP contribution in [0.3, 0.4) is 0 Å². The highest BCUT2D eigenvalue weighted by Crippen LogP contribution is 2.30. The molecule has 0 aliphatic carbocycles. The number of carbonyl (C=O) groups excluding carboxylic acids is 4. The van der Waals surface area contributed by atoms with Crippen LogP contribution in [0, 0.1) is 0 Å². The van der Waals surface area contributed by atoms with Crippen molar-refractivity contribution in [1.29, 1.82) is 0 Å². The van der Waals surface area contributed by atoms with Gasteiger partial charge in [-0.05, 0) is 6.42 Å². The van der Waals surface area contributed by atoms with Crippen LogP contribution in [0.15, 0.2) is 0 Å². The molecule has 0 spiro atoms. The van der Waals surface area contributed by atoms with Crippen molar-refractivity contribution in [1.82, 2.24) is 0 Å². The molecular weight excluding hydrogens is 544 g/mol. The molecule has 0 aromatic carbocycles. The number of aliphatic hydroxyl groups is 3. The molecule has 1 aliphatic heterocycles. The van der Waals surface area contributed by atoms with Gasteiger partial charge in [-0.2, -0.15) is 0 Å². The third-order valence-corrected chi connectivity index (χ3v) is 6.46. The maximum absolute atomic E-state index is 12.9. The maximum atomic E-state index is 12.9. The molecule has 0 radical (unpaired) electrons. The van der Waals surface area contributed by atoms with Crippen molar-refractivity contribution in [2.75, 3.05) is 19.8 Å². The minimum absolute atomic E-state index is 0.0638. The molecule has 1 fully saturated rings. The standard InChI is InChI=1S/C28H48O13/c1-5-6-7-8-9-10-11-12-13-14-24(35)41-26-25(38-19(3)31)23(17-36-18(2)30)40-28(27(26)39-20(4)32)37-16-22(34)21(33)15-29/h21-23,25-29,33-34H,5-17H2,1-4H3. The average Bonchev–Trinajstić information content (AvgIpc) is 2.91. The zero-order chi connectivity index (χ0) is 30.8. The molecule has 238 valence electrons. The topological polar surface area (TPSA) is 184 Å². The summed E-state index contributed by atoms with van der Waals surface area (Å²) in [5.74, 6) is -2.83. The molecule has 7 atom stereocenters. The van der Waals surface area contributed by atoms with Crippen LogP contribution in [0.1, 0.15) is 91.9 Å². The first-order chi connectivity index (χ1) is 19.5. The first-order valence-electron chi connectivity index (χ1n) is 14.4. The molecule has 7 unspecified atom stereocenters. The van der Waals surface area contributed by atoms with E-state index in [4.69, 9.17) is 33.5 Å². The fourth-order valence-corrected chi connectivity index (χ4v) is 4.35. The van der Waals surface area contributed by atoms with Crippen LogP contribution in [0.25, 0.3) is 0 Å². The highest BCUT2D eigenvalue weighted by Gasteiger charge is 2.53. The minimum atomic E-state index is -1.53. The lowest BCUT2D eigenvalue weighted by Gasteiger charge is -2.44. The zero-order valence-electron chi connectivity index (χ0n) is 24.7. The summed E-state index contributed by atoms with van der Waals surface area (Å²) in [5.41, 5.74) is 0. The number of carbonyl (C=O) groups is 4. The second-order valence-corrected chi connectivity index (χ2v) is 10.2. The number of hydrogen-bond acceptors (Lipinski definition) is 13. The molecule has 1 saturated heterocycles. The Labute approximate surface area is 241 Å². The van der Waals surface area contributed by atoms with E-state index in [0.29, 0.717) is 6.42 Å². The van der Waals surface area contributed by atoms with Gasteiger partial charge in [0.25, 0.3) is 0 Å². The molecule has 0 aromatic rings. The number of esters is 4. The van der Waals surface area contributed by atoms with E-state index < -0.39 is 86.6 Å². The van der Waals surface area contributed by atoms with Crippen LogP contribution < -0.4 is 0 Å². The largest absolute Gasteiger partial charge is 0.463 e. The molecule has 3 N–H and O–H groups in total. The molecule has 0 amide bonds. The van der Waals surface area contributed by atoms with Crippen molar-refractivity contribution in [3.8, 4) is 0 Å². The van der Waals surface area contributed by atoms with E-state index in [1.165, 1.54) is 25.7 Å². The lowest BCUT2D eigenvalue weighted by molar-refractivity contribution is -0.312. The van der Waals surface area contributed by atoms with Crippen LogP contribution in [0.2, 0.25) is 0 Å². The predicted molar refractivity (Wildman–Crippen MR) is 143 cm³/mol. The quantitative estimate of drug-likeness (QED) is 0.106. The third-order valence-electron chi connectivity index (χ3n) is 6.46. The Kier molecular flexibility index (Phi) is 18.4. The zero-order valence-corrected chi connectivity index (χ0v) is 24.7. The Morgan fingerprint density at radius 3 is 1.83 bits per heavy atom. The second kappa shape index (κ2) is 20.5. The van der Waals surface area contributed by atoms with Gasteiger partial charge in [-0.15, -0.1) is 0 Å². The van der Waals surface area contributed by atoms with Crippen LogP contribution in [0.5, 0.6) is 0 Å². The first kappa shape index (κ1) is 36.7. The normalized spacial score (nSPS) is 23.7. The molecule has 13 nitrogen and oxygen atoms in total. The van der Waals surface area contributed by atoms with Crippen molar-refractivity contribution in [3.63, 3.8) is 0 Å². The van der Waals surface area contributed by atoms with Gasteiger partial charge in [0.1, 0.15) is 24.9 Å². The summed E-state index contributed by atoms with van der Waals surface area (Å²) >= 11 is 0. The SMILES string of the molecule is CCCCCCCCCCCC(=O)OC1C(OC(C)=O)C(COC(C)=O)OC(OCC(O)C(O)CO)C1OC(C)=O. The molecule has 0 aromatic heterocycles. The molecule has 1 heterocycles. The lowest BCUT2D eigenvalue weighted by atomic mass is 9.98. The first-order valence-corrected chi connectivity index (χ1v) is 14.4. The summed E-state index contributed by atoms with van der Waals surface area (Å²) in [4.78, 5) is 48.3. The molecular formula is C28H48O13. The molecule has 0 saturated carbocycles. The number of rotatable bonds is 20. The van der Waals surface area contributed by atoms with Crippen LogP contribution in [-0.4, -0.2) is 102 Å². The Balaban J connectivity index is 3.03. The van der Waals surface area contributed by atoms with Crippen LogP contribution >= 0.6 is 0 Å². The Hall–Kier alpha value is -2.32. The third kappa shape index (κ3) is 14.9. The highest BCUT2D eigenvalue weighted by molar-refractivity contribution is 5.70. The van der Waals surface area contributed by atoms with Crippen molar-refractivity contribution >= 4 is 23.9 Å². The van der Waals surface area contributed by atoms with Crippen molar-refractivity contribution in [2.24, 2.45) is 0 Å². The van der Waals surface area contributed by atoms with E-state index in [9.17, 15) is 29.4 Å². The predicted octanol–water partition coefficient (Wildman–Crippen LogP) is 1.70. The van der Waals surface area contributed by atoms with Crippen molar-refractivity contribution in [2.45, 2.75) is 135 Å². The number of ether oxygens (including phenoxy) is 6. The van der Waals surface area contributed by atoms with E-state index in [1.54, 1.807) is 0 Å². The van der Waals surface area contributed by atoms with Crippen LogP contribution in [0.4, 0.5) is 0 Å². The van der Waals surface area contributed by atoms with E-state index in [2.05, 4.69) is 6.92 Å². The maximum Gasteiger partial charge on any atom is 0.306 e. The summed E-state index contributed by atoms with van der Waals surface area (Å²) in [7, 11) is 0. The highest BCUT2D eigenvalue weighted by atomic mass is 16.7. The van der Waals surface area contributed by atoms with Gasteiger partial charge in [0, 0.05) is 27.2 Å². The summed E-state index contributed by atoms with van der Waals surface area (Å²) in [6, 6.07) is 0. The van der Waals surface area contributed by atoms with Gasteiger partial charge in [0.05, 0.1) is 13.2 Å².